The molecule has 1 N–H and O–H groups in total. The standard InChI is InChI=1S/C9H6O3/c10-9(11)7-4-5-12-8-3-1-2-6(7)8/h1-5H,(H,10,11). The van der Waals surface area contributed by atoms with Crippen LogP contribution in [0.4, 0.5) is 0 Å². The summed E-state index contributed by atoms with van der Waals surface area (Å²) in [5.74, 6) is -0.322. The molecule has 0 unspecified atom stereocenters. The van der Waals surface area contributed by atoms with E-state index in [2.05, 4.69) is 0 Å². The van der Waals surface area contributed by atoms with E-state index >= 15 is 0 Å². The van der Waals surface area contributed by atoms with Crippen LogP contribution >= 0.6 is 0 Å². The zero-order chi connectivity index (χ0) is 8.55. The maximum atomic E-state index is 10.7. The van der Waals surface area contributed by atoms with Gasteiger partial charge >= 0.3 is 5.97 Å². The van der Waals surface area contributed by atoms with Crippen LogP contribution in [-0.4, -0.2) is 11.1 Å². The molecule has 0 atom stereocenters. The summed E-state index contributed by atoms with van der Waals surface area (Å²) in [6.45, 7) is 0. The minimum absolute atomic E-state index is 0.279. The van der Waals surface area contributed by atoms with Gasteiger partial charge in [0.25, 0.3) is 0 Å². The molecule has 0 saturated heterocycles. The van der Waals surface area contributed by atoms with Gasteiger partial charge in [-0.2, -0.15) is 0 Å². The van der Waals surface area contributed by atoms with Crippen molar-refractivity contribution in [3.8, 4) is 11.3 Å². The van der Waals surface area contributed by atoms with Crippen LogP contribution in [0.2, 0.25) is 0 Å². The summed E-state index contributed by atoms with van der Waals surface area (Å²) in [6, 6.07) is 6.68. The highest BCUT2D eigenvalue weighted by atomic mass is 16.4. The number of hydrogen-bond acceptors (Lipinski definition) is 2. The van der Waals surface area contributed by atoms with Gasteiger partial charge in [-0.1, -0.05) is 12.1 Å². The molecule has 0 radical (unpaired) electrons. The third-order valence-corrected chi connectivity index (χ3v) is 1.73. The maximum Gasteiger partial charge on any atom is 0.336 e. The largest absolute Gasteiger partial charge is 0.478 e. The second kappa shape index (κ2) is 2.37. The Morgan fingerprint density at radius 2 is 2.17 bits per heavy atom. The molecule has 1 aliphatic carbocycles. The van der Waals surface area contributed by atoms with Crippen molar-refractivity contribution in [2.24, 2.45) is 0 Å². The smallest absolute Gasteiger partial charge is 0.336 e. The van der Waals surface area contributed by atoms with Crippen LogP contribution in [0.25, 0.3) is 11.3 Å². The van der Waals surface area contributed by atoms with Crippen molar-refractivity contribution in [3.05, 3.63) is 36.1 Å². The lowest BCUT2D eigenvalue weighted by atomic mass is 10.1. The van der Waals surface area contributed by atoms with Crippen LogP contribution in [0.1, 0.15) is 10.4 Å². The van der Waals surface area contributed by atoms with E-state index in [-0.39, 0.29) is 5.56 Å². The highest BCUT2D eigenvalue weighted by Crippen LogP contribution is 2.26. The Morgan fingerprint density at radius 1 is 1.33 bits per heavy atom. The van der Waals surface area contributed by atoms with E-state index in [1.54, 1.807) is 18.2 Å². The molecule has 2 aliphatic rings. The SMILES string of the molecule is O=C(O)c1ccoc2cccc1-2. The van der Waals surface area contributed by atoms with E-state index in [1.165, 1.54) is 12.3 Å². The van der Waals surface area contributed by atoms with Crippen molar-refractivity contribution < 1.29 is 14.3 Å². The monoisotopic (exact) mass is 162 g/mol. The predicted molar refractivity (Wildman–Crippen MR) is 42.3 cm³/mol. The second-order valence-corrected chi connectivity index (χ2v) is 2.44. The normalized spacial score (nSPS) is 10.3. The highest BCUT2D eigenvalue weighted by Gasteiger charge is 2.14. The molecular weight excluding hydrogens is 156 g/mol. The Balaban J connectivity index is 2.71. The first kappa shape index (κ1) is 6.91. The van der Waals surface area contributed by atoms with Crippen LogP contribution in [-0.2, 0) is 0 Å². The number of aromatic carboxylic acids is 1. The third-order valence-electron chi connectivity index (χ3n) is 1.73. The van der Waals surface area contributed by atoms with Crippen molar-refractivity contribution in [3.63, 3.8) is 0 Å². The summed E-state index contributed by atoms with van der Waals surface area (Å²) in [7, 11) is 0. The lowest BCUT2D eigenvalue weighted by Gasteiger charge is -2.00. The average molecular weight is 162 g/mol. The van der Waals surface area contributed by atoms with Gasteiger partial charge in [-0.3, -0.25) is 0 Å². The van der Waals surface area contributed by atoms with Gasteiger partial charge in [-0.15, -0.1) is 0 Å². The molecule has 1 aliphatic heterocycles. The van der Waals surface area contributed by atoms with E-state index in [0.29, 0.717) is 11.3 Å². The van der Waals surface area contributed by atoms with Crippen LogP contribution in [0.5, 0.6) is 0 Å². The molecule has 2 rings (SSSR count). The third kappa shape index (κ3) is 0.871. The number of fused-ring (bicyclic) bond motifs is 1. The summed E-state index contributed by atoms with van der Waals surface area (Å²) >= 11 is 0. The summed E-state index contributed by atoms with van der Waals surface area (Å²) in [5, 5.41) is 8.76. The summed E-state index contributed by atoms with van der Waals surface area (Å²) < 4.78 is 5.08. The molecule has 0 fully saturated rings. The van der Waals surface area contributed by atoms with Crippen LogP contribution in [0.15, 0.2) is 34.9 Å². The van der Waals surface area contributed by atoms with E-state index in [9.17, 15) is 4.79 Å². The Morgan fingerprint density at radius 3 is 2.92 bits per heavy atom. The molecule has 0 aromatic rings. The zero-order valence-corrected chi connectivity index (χ0v) is 6.15. The van der Waals surface area contributed by atoms with Gasteiger partial charge in [0.1, 0.15) is 5.76 Å². The minimum Gasteiger partial charge on any atom is -0.478 e. The van der Waals surface area contributed by atoms with Gasteiger partial charge in [0.2, 0.25) is 0 Å². The highest BCUT2D eigenvalue weighted by molar-refractivity contribution is 5.95. The molecule has 0 saturated carbocycles. The second-order valence-electron chi connectivity index (χ2n) is 2.44. The lowest BCUT2D eigenvalue weighted by molar-refractivity contribution is 0.0697. The quantitative estimate of drug-likeness (QED) is 0.698. The Kier molecular flexibility index (Phi) is 1.37. The van der Waals surface area contributed by atoms with Crippen molar-refractivity contribution in [2.75, 3.05) is 0 Å². The molecule has 60 valence electrons. The molecule has 0 amide bonds. The first-order chi connectivity index (χ1) is 5.79. The molecular formula is C9H6O3. The van der Waals surface area contributed by atoms with Crippen molar-refractivity contribution in [1.82, 2.24) is 0 Å². The first-order valence-corrected chi connectivity index (χ1v) is 3.48. The molecule has 3 heteroatoms. The van der Waals surface area contributed by atoms with Crippen molar-refractivity contribution >= 4 is 5.97 Å². The Bertz CT molecular complexity index is 389. The van der Waals surface area contributed by atoms with Crippen molar-refractivity contribution in [1.29, 1.82) is 0 Å². The number of carboxylic acid groups (broad SMARTS) is 1. The van der Waals surface area contributed by atoms with Gasteiger partial charge in [-0.05, 0) is 12.1 Å². The fraction of sp³-hybridized carbons (Fsp3) is 0. The van der Waals surface area contributed by atoms with Gasteiger partial charge < -0.3 is 9.52 Å². The number of carboxylic acids is 1. The maximum absolute atomic E-state index is 10.7. The predicted octanol–water partition coefficient (Wildman–Crippen LogP) is 2.08. The summed E-state index contributed by atoms with van der Waals surface area (Å²) in [6.07, 6.45) is 1.38. The number of rotatable bonds is 1. The molecule has 0 spiro atoms. The molecule has 12 heavy (non-hydrogen) atoms. The molecule has 1 heterocycles. The van der Waals surface area contributed by atoms with Gasteiger partial charge in [-0.25, -0.2) is 4.79 Å². The van der Waals surface area contributed by atoms with E-state index in [4.69, 9.17) is 9.52 Å². The molecule has 0 aromatic heterocycles. The van der Waals surface area contributed by atoms with E-state index in [0.717, 1.165) is 0 Å². The van der Waals surface area contributed by atoms with Crippen LogP contribution in [0, 0.1) is 0 Å². The zero-order valence-electron chi connectivity index (χ0n) is 6.15. The molecule has 0 bridgehead atoms. The topological polar surface area (TPSA) is 50.4 Å². The van der Waals surface area contributed by atoms with E-state index < -0.39 is 5.97 Å². The number of hydrogen-bond donors (Lipinski definition) is 1. The van der Waals surface area contributed by atoms with E-state index in [1.807, 2.05) is 0 Å². The first-order valence-electron chi connectivity index (χ1n) is 3.48. The molecule has 0 aromatic carbocycles. The summed E-state index contributed by atoms with van der Waals surface area (Å²) in [5.41, 5.74) is 0.922. The number of carbonyl (C=O) groups is 1. The van der Waals surface area contributed by atoms with Crippen LogP contribution < -0.4 is 0 Å². The van der Waals surface area contributed by atoms with Gasteiger partial charge in [0.05, 0.1) is 11.8 Å². The fourth-order valence-electron chi connectivity index (χ4n) is 1.18. The lowest BCUT2D eigenvalue weighted by Crippen LogP contribution is -1.97. The Labute approximate surface area is 68.6 Å². The van der Waals surface area contributed by atoms with Gasteiger partial charge in [0.15, 0.2) is 0 Å². The average Bonchev–Trinajstić information content (AvgIpc) is 2.49. The minimum atomic E-state index is -0.929. The van der Waals surface area contributed by atoms with Crippen molar-refractivity contribution in [2.45, 2.75) is 0 Å². The summed E-state index contributed by atoms with van der Waals surface area (Å²) in [4.78, 5) is 10.7. The Hall–Kier alpha value is -1.77. The molecule has 3 nitrogen and oxygen atoms in total. The fourth-order valence-corrected chi connectivity index (χ4v) is 1.18. The van der Waals surface area contributed by atoms with Gasteiger partial charge in [0, 0.05) is 5.56 Å². The van der Waals surface area contributed by atoms with Crippen LogP contribution in [0.3, 0.4) is 0 Å².